The van der Waals surface area contributed by atoms with Gasteiger partial charge in [0.2, 0.25) is 0 Å². The molecule has 1 spiro atoms. The highest BCUT2D eigenvalue weighted by Gasteiger charge is 2.44. The SMILES string of the molecule is CC(C)N1CCCC2(CN(C)C2)C1. The maximum absolute atomic E-state index is 2.65. The molecule has 0 saturated carbocycles. The van der Waals surface area contributed by atoms with Crippen LogP contribution in [-0.2, 0) is 0 Å². The fraction of sp³-hybridized carbons (Fsp3) is 1.00. The molecule has 0 radical (unpaired) electrons. The Hall–Kier alpha value is -0.0800. The van der Waals surface area contributed by atoms with Crippen LogP contribution in [0.25, 0.3) is 0 Å². The zero-order chi connectivity index (χ0) is 9.47. The number of hydrogen-bond acceptors (Lipinski definition) is 2. The van der Waals surface area contributed by atoms with E-state index in [2.05, 4.69) is 30.7 Å². The van der Waals surface area contributed by atoms with Crippen LogP contribution in [0.1, 0.15) is 26.7 Å². The van der Waals surface area contributed by atoms with Gasteiger partial charge in [0.25, 0.3) is 0 Å². The first-order valence-electron chi connectivity index (χ1n) is 5.54. The van der Waals surface area contributed by atoms with Gasteiger partial charge in [-0.1, -0.05) is 0 Å². The summed E-state index contributed by atoms with van der Waals surface area (Å²) in [7, 11) is 2.24. The summed E-state index contributed by atoms with van der Waals surface area (Å²) in [5.41, 5.74) is 0.678. The minimum absolute atomic E-state index is 0.678. The van der Waals surface area contributed by atoms with E-state index >= 15 is 0 Å². The fourth-order valence-electron chi connectivity index (χ4n) is 3.04. The van der Waals surface area contributed by atoms with E-state index in [9.17, 15) is 0 Å². The van der Waals surface area contributed by atoms with Gasteiger partial charge in [0.05, 0.1) is 0 Å². The molecule has 0 aromatic heterocycles. The minimum Gasteiger partial charge on any atom is -0.305 e. The molecule has 0 aliphatic carbocycles. The van der Waals surface area contributed by atoms with Crippen molar-refractivity contribution in [1.82, 2.24) is 9.80 Å². The third-order valence-corrected chi connectivity index (χ3v) is 3.63. The number of piperidine rings is 1. The van der Waals surface area contributed by atoms with Crippen molar-refractivity contribution in [3.05, 3.63) is 0 Å². The van der Waals surface area contributed by atoms with Crippen molar-refractivity contribution in [3.8, 4) is 0 Å². The van der Waals surface area contributed by atoms with Gasteiger partial charge in [-0.2, -0.15) is 0 Å². The van der Waals surface area contributed by atoms with Gasteiger partial charge in [0.1, 0.15) is 0 Å². The first-order chi connectivity index (χ1) is 6.11. The van der Waals surface area contributed by atoms with E-state index in [0.717, 1.165) is 6.04 Å². The van der Waals surface area contributed by atoms with Crippen LogP contribution in [-0.4, -0.2) is 49.1 Å². The van der Waals surface area contributed by atoms with Crippen LogP contribution in [0, 0.1) is 5.41 Å². The molecule has 0 aromatic rings. The van der Waals surface area contributed by atoms with Crippen LogP contribution in [0.5, 0.6) is 0 Å². The van der Waals surface area contributed by atoms with Crippen molar-refractivity contribution >= 4 is 0 Å². The van der Waals surface area contributed by atoms with Gasteiger partial charge >= 0.3 is 0 Å². The van der Waals surface area contributed by atoms with Crippen LogP contribution in [0.15, 0.2) is 0 Å². The molecule has 2 saturated heterocycles. The number of likely N-dealkylation sites (tertiary alicyclic amines) is 2. The number of hydrogen-bond donors (Lipinski definition) is 0. The van der Waals surface area contributed by atoms with E-state index in [1.165, 1.54) is 39.0 Å². The smallest absolute Gasteiger partial charge is 0.00851 e. The van der Waals surface area contributed by atoms with Crippen LogP contribution in [0.4, 0.5) is 0 Å². The van der Waals surface area contributed by atoms with Crippen LogP contribution in [0.2, 0.25) is 0 Å². The van der Waals surface area contributed by atoms with Crippen LogP contribution in [0.3, 0.4) is 0 Å². The summed E-state index contributed by atoms with van der Waals surface area (Å²) in [6.45, 7) is 9.97. The second-order valence-corrected chi connectivity index (χ2v) is 5.34. The lowest BCUT2D eigenvalue weighted by atomic mass is 9.73. The molecule has 0 unspecified atom stereocenters. The van der Waals surface area contributed by atoms with Gasteiger partial charge in [0, 0.05) is 31.1 Å². The molecule has 0 bridgehead atoms. The molecular formula is C11H22N2. The summed E-state index contributed by atoms with van der Waals surface area (Å²) >= 11 is 0. The Kier molecular flexibility index (Phi) is 2.37. The summed E-state index contributed by atoms with van der Waals surface area (Å²) in [4.78, 5) is 5.10. The van der Waals surface area contributed by atoms with Crippen LogP contribution >= 0.6 is 0 Å². The molecule has 2 fully saturated rings. The first-order valence-corrected chi connectivity index (χ1v) is 5.54. The second-order valence-electron chi connectivity index (χ2n) is 5.34. The monoisotopic (exact) mass is 182 g/mol. The summed E-state index contributed by atoms with van der Waals surface area (Å²) in [5.74, 6) is 0. The van der Waals surface area contributed by atoms with Crippen molar-refractivity contribution in [2.75, 3.05) is 33.2 Å². The maximum Gasteiger partial charge on any atom is 0.00851 e. The Morgan fingerprint density at radius 1 is 1.15 bits per heavy atom. The van der Waals surface area contributed by atoms with Crippen molar-refractivity contribution < 1.29 is 0 Å². The molecule has 0 amide bonds. The zero-order valence-electron chi connectivity index (χ0n) is 9.21. The van der Waals surface area contributed by atoms with E-state index in [1.54, 1.807) is 0 Å². The summed E-state index contributed by atoms with van der Waals surface area (Å²) < 4.78 is 0. The molecular weight excluding hydrogens is 160 g/mol. The average molecular weight is 182 g/mol. The molecule has 2 aliphatic heterocycles. The second kappa shape index (κ2) is 3.25. The summed E-state index contributed by atoms with van der Waals surface area (Å²) in [5, 5.41) is 0. The van der Waals surface area contributed by atoms with Crippen molar-refractivity contribution in [2.24, 2.45) is 5.41 Å². The van der Waals surface area contributed by atoms with Crippen molar-refractivity contribution in [1.29, 1.82) is 0 Å². The highest BCUT2D eigenvalue weighted by atomic mass is 15.2. The maximum atomic E-state index is 2.65. The quantitative estimate of drug-likeness (QED) is 0.605. The Balaban J connectivity index is 1.93. The topological polar surface area (TPSA) is 6.48 Å². The molecule has 2 rings (SSSR count). The molecule has 2 aliphatic rings. The standard InChI is InChI=1S/C11H22N2/c1-10(2)13-6-4-5-11(9-13)7-12(3)8-11/h10H,4-9H2,1-3H3. The Morgan fingerprint density at radius 2 is 1.85 bits per heavy atom. The Morgan fingerprint density at radius 3 is 2.38 bits per heavy atom. The first kappa shape index (κ1) is 9.47. The summed E-state index contributed by atoms with van der Waals surface area (Å²) in [6, 6.07) is 0.739. The molecule has 0 atom stereocenters. The molecule has 76 valence electrons. The van der Waals surface area contributed by atoms with Gasteiger partial charge in [-0.3, -0.25) is 0 Å². The zero-order valence-corrected chi connectivity index (χ0v) is 9.21. The lowest BCUT2D eigenvalue weighted by Gasteiger charge is -2.54. The van der Waals surface area contributed by atoms with Gasteiger partial charge < -0.3 is 9.80 Å². The van der Waals surface area contributed by atoms with E-state index in [1.807, 2.05) is 0 Å². The average Bonchev–Trinajstić information content (AvgIpc) is 2.02. The molecule has 2 nitrogen and oxygen atoms in total. The van der Waals surface area contributed by atoms with Gasteiger partial charge in [-0.25, -0.2) is 0 Å². The highest BCUT2D eigenvalue weighted by molar-refractivity contribution is 4.98. The van der Waals surface area contributed by atoms with Gasteiger partial charge in [-0.15, -0.1) is 0 Å². The van der Waals surface area contributed by atoms with E-state index in [-0.39, 0.29) is 0 Å². The predicted molar refractivity (Wildman–Crippen MR) is 55.9 cm³/mol. The lowest BCUT2D eigenvalue weighted by Crippen LogP contribution is -2.62. The molecule has 2 heteroatoms. The number of nitrogens with zero attached hydrogens (tertiary/aromatic N) is 2. The Bertz CT molecular complexity index is 177. The van der Waals surface area contributed by atoms with E-state index in [0.29, 0.717) is 5.41 Å². The third kappa shape index (κ3) is 1.75. The molecule has 13 heavy (non-hydrogen) atoms. The predicted octanol–water partition coefficient (Wildman–Crippen LogP) is 1.42. The van der Waals surface area contributed by atoms with Crippen LogP contribution < -0.4 is 0 Å². The minimum atomic E-state index is 0.678. The third-order valence-electron chi connectivity index (χ3n) is 3.63. The summed E-state index contributed by atoms with van der Waals surface area (Å²) in [6.07, 6.45) is 2.87. The lowest BCUT2D eigenvalue weighted by molar-refractivity contribution is -0.0480. The van der Waals surface area contributed by atoms with E-state index in [4.69, 9.17) is 0 Å². The van der Waals surface area contributed by atoms with E-state index < -0.39 is 0 Å². The Labute approximate surface area is 81.9 Å². The highest BCUT2D eigenvalue weighted by Crippen LogP contribution is 2.38. The largest absolute Gasteiger partial charge is 0.305 e. The number of rotatable bonds is 1. The normalized spacial score (nSPS) is 29.5. The van der Waals surface area contributed by atoms with Crippen molar-refractivity contribution in [2.45, 2.75) is 32.7 Å². The molecule has 2 heterocycles. The fourth-order valence-corrected chi connectivity index (χ4v) is 3.04. The van der Waals surface area contributed by atoms with Crippen molar-refractivity contribution in [3.63, 3.8) is 0 Å². The molecule has 0 aromatic carbocycles. The molecule has 0 N–H and O–H groups in total. The van der Waals surface area contributed by atoms with Gasteiger partial charge in [0.15, 0.2) is 0 Å². The van der Waals surface area contributed by atoms with Gasteiger partial charge in [-0.05, 0) is 40.3 Å².